The number of hydrogen-bond donors (Lipinski definition) is 2. The van der Waals surface area contributed by atoms with Gasteiger partial charge in [0.05, 0.1) is 6.42 Å². The maximum absolute atomic E-state index is 10.6. The minimum Gasteiger partial charge on any atom is -0.481 e. The summed E-state index contributed by atoms with van der Waals surface area (Å²) in [5.41, 5.74) is 7.64. The first-order chi connectivity index (χ1) is 8.06. The van der Waals surface area contributed by atoms with Crippen molar-refractivity contribution in [3.8, 4) is 11.3 Å². The summed E-state index contributed by atoms with van der Waals surface area (Å²) in [7, 11) is 0. The Morgan fingerprint density at radius 2 is 2.29 bits per heavy atom. The molecule has 17 heavy (non-hydrogen) atoms. The summed E-state index contributed by atoms with van der Waals surface area (Å²) in [5.74, 6) is -0.242. The second-order valence-corrected chi connectivity index (χ2v) is 3.73. The molecular weight excluding hydrogens is 220 g/mol. The van der Waals surface area contributed by atoms with Crippen LogP contribution in [-0.4, -0.2) is 16.1 Å². The van der Waals surface area contributed by atoms with Gasteiger partial charge in [-0.2, -0.15) is 4.98 Å². The maximum Gasteiger partial charge on any atom is 0.307 e. The molecule has 2 aromatic rings. The third-order valence-corrected chi connectivity index (χ3v) is 2.37. The summed E-state index contributed by atoms with van der Waals surface area (Å²) >= 11 is 0. The van der Waals surface area contributed by atoms with Crippen LogP contribution in [0.4, 0.5) is 6.01 Å². The Morgan fingerprint density at radius 1 is 1.53 bits per heavy atom. The highest BCUT2D eigenvalue weighted by molar-refractivity contribution is 5.72. The Kier molecular flexibility index (Phi) is 2.82. The molecule has 1 aromatic carbocycles. The van der Waals surface area contributed by atoms with E-state index in [1.54, 1.807) is 25.1 Å². The first-order valence-electron chi connectivity index (χ1n) is 5.10. The number of carboxylic acid groups (broad SMARTS) is 1. The normalized spacial score (nSPS) is 10.4. The topological polar surface area (TPSA) is 89.4 Å². The highest BCUT2D eigenvalue weighted by atomic mass is 16.4. The van der Waals surface area contributed by atoms with Crippen molar-refractivity contribution in [3.05, 3.63) is 35.6 Å². The molecule has 3 N–H and O–H groups in total. The molecule has 2 rings (SSSR count). The summed E-state index contributed by atoms with van der Waals surface area (Å²) in [5, 5.41) is 8.73. The Hall–Kier alpha value is -2.30. The summed E-state index contributed by atoms with van der Waals surface area (Å²) < 4.78 is 5.14. The average Bonchev–Trinajstić information content (AvgIpc) is 2.57. The highest BCUT2D eigenvalue weighted by Gasteiger charge is 2.10. The van der Waals surface area contributed by atoms with Crippen LogP contribution >= 0.6 is 0 Å². The van der Waals surface area contributed by atoms with Crippen LogP contribution in [0.2, 0.25) is 0 Å². The number of hydrogen-bond acceptors (Lipinski definition) is 4. The van der Waals surface area contributed by atoms with Crippen LogP contribution < -0.4 is 5.73 Å². The number of nitrogen functional groups attached to an aromatic ring is 1. The molecule has 0 bridgehead atoms. The number of carbonyl (C=O) groups is 1. The lowest BCUT2D eigenvalue weighted by Gasteiger charge is -2.01. The molecule has 5 heteroatoms. The van der Waals surface area contributed by atoms with Gasteiger partial charge in [-0.05, 0) is 18.6 Å². The van der Waals surface area contributed by atoms with Crippen molar-refractivity contribution in [2.45, 2.75) is 13.3 Å². The van der Waals surface area contributed by atoms with Gasteiger partial charge in [0.25, 0.3) is 6.01 Å². The van der Waals surface area contributed by atoms with Gasteiger partial charge in [-0.15, -0.1) is 0 Å². The van der Waals surface area contributed by atoms with Gasteiger partial charge in [-0.1, -0.05) is 18.2 Å². The molecule has 0 saturated heterocycles. The number of oxazole rings is 1. The molecule has 1 aromatic heterocycles. The molecule has 1 heterocycles. The van der Waals surface area contributed by atoms with Crippen molar-refractivity contribution in [1.82, 2.24) is 4.98 Å². The number of benzene rings is 1. The number of nitrogens with two attached hydrogens (primary N) is 1. The van der Waals surface area contributed by atoms with Gasteiger partial charge in [0.1, 0.15) is 11.5 Å². The monoisotopic (exact) mass is 232 g/mol. The van der Waals surface area contributed by atoms with E-state index in [1.165, 1.54) is 0 Å². The fourth-order valence-corrected chi connectivity index (χ4v) is 1.69. The second kappa shape index (κ2) is 4.29. The van der Waals surface area contributed by atoms with Gasteiger partial charge in [0, 0.05) is 5.56 Å². The van der Waals surface area contributed by atoms with Crippen molar-refractivity contribution in [2.75, 3.05) is 5.73 Å². The zero-order chi connectivity index (χ0) is 12.4. The molecule has 0 atom stereocenters. The minimum atomic E-state index is -0.862. The smallest absolute Gasteiger partial charge is 0.307 e. The molecule has 0 saturated carbocycles. The molecule has 5 nitrogen and oxygen atoms in total. The van der Waals surface area contributed by atoms with E-state index in [1.807, 2.05) is 6.07 Å². The Balaban J connectivity index is 2.39. The van der Waals surface area contributed by atoms with Gasteiger partial charge in [0.15, 0.2) is 0 Å². The molecule has 0 aliphatic rings. The standard InChI is InChI=1S/C12H12N2O3/c1-7-11(14-12(13)17-7)9-4-2-3-8(5-9)6-10(15)16/h2-5H,6H2,1H3,(H2,13,14)(H,15,16). The van der Waals surface area contributed by atoms with Crippen LogP contribution in [0.5, 0.6) is 0 Å². The lowest BCUT2D eigenvalue weighted by Crippen LogP contribution is -1.99. The summed E-state index contributed by atoms with van der Waals surface area (Å²) in [6, 6.07) is 7.28. The van der Waals surface area contributed by atoms with Crippen LogP contribution in [0, 0.1) is 6.92 Å². The van der Waals surface area contributed by atoms with E-state index in [0.29, 0.717) is 11.5 Å². The van der Waals surface area contributed by atoms with Gasteiger partial charge in [-0.3, -0.25) is 4.79 Å². The van der Waals surface area contributed by atoms with Gasteiger partial charge in [-0.25, -0.2) is 0 Å². The number of aryl methyl sites for hydroxylation is 1. The van der Waals surface area contributed by atoms with E-state index in [2.05, 4.69) is 4.98 Å². The van der Waals surface area contributed by atoms with E-state index in [4.69, 9.17) is 15.3 Å². The first-order valence-corrected chi connectivity index (χ1v) is 5.10. The number of aliphatic carboxylic acids is 1. The van der Waals surface area contributed by atoms with Gasteiger partial charge in [0.2, 0.25) is 0 Å². The van der Waals surface area contributed by atoms with Crippen molar-refractivity contribution >= 4 is 12.0 Å². The average molecular weight is 232 g/mol. The molecule has 0 spiro atoms. The number of carboxylic acids is 1. The third-order valence-electron chi connectivity index (χ3n) is 2.37. The molecule has 0 unspecified atom stereocenters. The van der Waals surface area contributed by atoms with Crippen LogP contribution in [-0.2, 0) is 11.2 Å². The number of aromatic nitrogens is 1. The summed E-state index contributed by atoms with van der Waals surface area (Å²) in [4.78, 5) is 14.7. The van der Waals surface area contributed by atoms with Crippen molar-refractivity contribution in [1.29, 1.82) is 0 Å². The van der Waals surface area contributed by atoms with E-state index in [-0.39, 0.29) is 12.4 Å². The molecular formula is C12H12N2O3. The first kappa shape index (κ1) is 11.2. The van der Waals surface area contributed by atoms with Crippen LogP contribution in [0.1, 0.15) is 11.3 Å². The molecule has 0 aliphatic heterocycles. The number of nitrogens with zero attached hydrogens (tertiary/aromatic N) is 1. The third kappa shape index (κ3) is 2.44. The minimum absolute atomic E-state index is 0.0137. The van der Waals surface area contributed by atoms with E-state index < -0.39 is 5.97 Å². The van der Waals surface area contributed by atoms with E-state index in [9.17, 15) is 4.79 Å². The van der Waals surface area contributed by atoms with Crippen LogP contribution in [0.25, 0.3) is 11.3 Å². The largest absolute Gasteiger partial charge is 0.481 e. The molecule has 0 radical (unpaired) electrons. The molecule has 88 valence electrons. The quantitative estimate of drug-likeness (QED) is 0.843. The predicted molar refractivity (Wildman–Crippen MR) is 62.4 cm³/mol. The fourth-order valence-electron chi connectivity index (χ4n) is 1.69. The summed E-state index contributed by atoms with van der Waals surface area (Å²) in [6.07, 6.45) is -0.0137. The fraction of sp³-hybridized carbons (Fsp3) is 0.167. The molecule has 0 fully saturated rings. The van der Waals surface area contributed by atoms with Gasteiger partial charge < -0.3 is 15.3 Å². The Morgan fingerprint density at radius 3 is 2.88 bits per heavy atom. The van der Waals surface area contributed by atoms with Crippen LogP contribution in [0.3, 0.4) is 0 Å². The molecule has 0 amide bonds. The Labute approximate surface area is 97.9 Å². The number of rotatable bonds is 3. The number of anilines is 1. The Bertz CT molecular complexity index is 561. The second-order valence-electron chi connectivity index (χ2n) is 3.73. The van der Waals surface area contributed by atoms with Crippen molar-refractivity contribution in [3.63, 3.8) is 0 Å². The lowest BCUT2D eigenvalue weighted by atomic mass is 10.1. The maximum atomic E-state index is 10.6. The highest BCUT2D eigenvalue weighted by Crippen LogP contribution is 2.25. The van der Waals surface area contributed by atoms with E-state index in [0.717, 1.165) is 11.1 Å². The SMILES string of the molecule is Cc1oc(N)nc1-c1cccc(CC(=O)O)c1. The predicted octanol–water partition coefficient (Wildman–Crippen LogP) is 1.86. The van der Waals surface area contributed by atoms with Crippen molar-refractivity contribution < 1.29 is 14.3 Å². The van der Waals surface area contributed by atoms with Crippen LogP contribution in [0.15, 0.2) is 28.7 Å². The van der Waals surface area contributed by atoms with Gasteiger partial charge >= 0.3 is 5.97 Å². The molecule has 0 aliphatic carbocycles. The summed E-state index contributed by atoms with van der Waals surface area (Å²) in [6.45, 7) is 1.77. The zero-order valence-electron chi connectivity index (χ0n) is 9.30. The van der Waals surface area contributed by atoms with Crippen molar-refractivity contribution in [2.24, 2.45) is 0 Å². The lowest BCUT2D eigenvalue weighted by molar-refractivity contribution is -0.136. The zero-order valence-corrected chi connectivity index (χ0v) is 9.30. The van der Waals surface area contributed by atoms with E-state index >= 15 is 0 Å².